The molecule has 0 bridgehead atoms. The number of allylic oxidation sites excluding steroid dienone is 4. The van der Waals surface area contributed by atoms with Crippen molar-refractivity contribution in [1.29, 1.82) is 5.41 Å². The van der Waals surface area contributed by atoms with Crippen molar-refractivity contribution in [2.45, 2.75) is 58.9 Å². The molecule has 42 heavy (non-hydrogen) atoms. The molecule has 1 amide bonds. The van der Waals surface area contributed by atoms with Crippen LogP contribution in [0.5, 0.6) is 0 Å². The predicted octanol–water partition coefficient (Wildman–Crippen LogP) is 6.51. The number of carbonyl (C=O) groups excluding carboxylic acids is 1. The van der Waals surface area contributed by atoms with Gasteiger partial charge >= 0.3 is 0 Å². The summed E-state index contributed by atoms with van der Waals surface area (Å²) < 4.78 is 27.3. The third-order valence-corrected chi connectivity index (χ3v) is 8.09. The van der Waals surface area contributed by atoms with Crippen LogP contribution in [0.1, 0.15) is 57.6 Å². The van der Waals surface area contributed by atoms with Gasteiger partial charge in [-0.2, -0.15) is 0 Å². The van der Waals surface area contributed by atoms with E-state index in [1.807, 2.05) is 31.3 Å². The van der Waals surface area contributed by atoms with E-state index in [9.17, 15) is 13.6 Å². The fourth-order valence-corrected chi connectivity index (χ4v) is 5.77. The molecule has 1 aliphatic heterocycles. The number of pyridine rings is 2. The molecule has 1 unspecified atom stereocenters. The van der Waals surface area contributed by atoms with Crippen molar-refractivity contribution in [2.75, 3.05) is 36.9 Å². The summed E-state index contributed by atoms with van der Waals surface area (Å²) in [5, 5.41) is 11.4. The summed E-state index contributed by atoms with van der Waals surface area (Å²) >= 11 is 0. The van der Waals surface area contributed by atoms with Crippen LogP contribution in [0.15, 0.2) is 66.2 Å². The second-order valence-corrected chi connectivity index (χ2v) is 12.9. The van der Waals surface area contributed by atoms with Crippen LogP contribution < -0.4 is 10.2 Å². The molecule has 0 aromatic carbocycles. The Morgan fingerprint density at radius 2 is 2.02 bits per heavy atom. The number of aromatic nitrogens is 2. The van der Waals surface area contributed by atoms with Crippen molar-refractivity contribution in [2.24, 2.45) is 11.3 Å². The molecule has 0 spiro atoms. The zero-order valence-electron chi connectivity index (χ0n) is 24.9. The second-order valence-electron chi connectivity index (χ2n) is 12.9. The first-order valence-electron chi connectivity index (χ1n) is 14.6. The number of nitrogens with one attached hydrogen (secondary N) is 2. The molecule has 9 heteroatoms. The van der Waals surface area contributed by atoms with Crippen molar-refractivity contribution in [1.82, 2.24) is 14.9 Å². The quantitative estimate of drug-likeness (QED) is 0.357. The van der Waals surface area contributed by atoms with E-state index in [0.717, 1.165) is 47.5 Å². The van der Waals surface area contributed by atoms with Gasteiger partial charge in [-0.15, -0.1) is 0 Å². The van der Waals surface area contributed by atoms with Crippen molar-refractivity contribution in [3.05, 3.63) is 77.3 Å². The van der Waals surface area contributed by atoms with Crippen LogP contribution >= 0.6 is 0 Å². The van der Waals surface area contributed by atoms with E-state index < -0.39 is 5.92 Å². The van der Waals surface area contributed by atoms with E-state index >= 15 is 0 Å². The highest BCUT2D eigenvalue weighted by Gasteiger charge is 2.38. The van der Waals surface area contributed by atoms with Crippen LogP contribution in [0.25, 0.3) is 5.57 Å². The lowest BCUT2D eigenvalue weighted by atomic mass is 9.85. The Kier molecular flexibility index (Phi) is 8.42. The Balaban J connectivity index is 1.24. The SMILES string of the molecule is CN(CCCC(C)(C)C)c1ccc(NC(=O)C2=CC(=N)C3CC=C(c4cncc(CN5CCC(F)(F)C5)c4)C=C23)cn1. The summed E-state index contributed by atoms with van der Waals surface area (Å²) in [6, 6.07) is 5.74. The van der Waals surface area contributed by atoms with Crippen LogP contribution in [0.4, 0.5) is 20.3 Å². The first kappa shape index (κ1) is 29.8. The molecular weight excluding hydrogens is 534 g/mol. The van der Waals surface area contributed by atoms with Gasteiger partial charge in [-0.3, -0.25) is 14.7 Å². The maximum atomic E-state index is 13.7. The number of alkyl halides is 2. The number of hydrogen-bond donors (Lipinski definition) is 2. The number of likely N-dealkylation sites (tertiary alicyclic amines) is 1. The lowest BCUT2D eigenvalue weighted by Gasteiger charge is -2.22. The van der Waals surface area contributed by atoms with E-state index in [2.05, 4.69) is 47.0 Å². The summed E-state index contributed by atoms with van der Waals surface area (Å²) in [5.74, 6) is -2.22. The number of fused-ring (bicyclic) bond motifs is 1. The van der Waals surface area contributed by atoms with Crippen LogP contribution in [0.3, 0.4) is 0 Å². The average molecular weight is 575 g/mol. The molecule has 5 rings (SSSR count). The minimum Gasteiger partial charge on any atom is -0.360 e. The normalized spacial score (nSPS) is 20.1. The maximum absolute atomic E-state index is 13.7. The Labute approximate surface area is 246 Å². The van der Waals surface area contributed by atoms with Crippen LogP contribution in [0.2, 0.25) is 0 Å². The molecule has 3 aliphatic rings. The van der Waals surface area contributed by atoms with Gasteiger partial charge in [0, 0.05) is 68.3 Å². The largest absolute Gasteiger partial charge is 0.360 e. The summed E-state index contributed by atoms with van der Waals surface area (Å²) in [4.78, 5) is 26.1. The Morgan fingerprint density at radius 1 is 1.21 bits per heavy atom. The minimum absolute atomic E-state index is 0.114. The zero-order valence-corrected chi connectivity index (χ0v) is 24.9. The third-order valence-electron chi connectivity index (χ3n) is 8.09. The van der Waals surface area contributed by atoms with E-state index in [-0.39, 0.29) is 24.8 Å². The zero-order chi connectivity index (χ0) is 30.1. The van der Waals surface area contributed by atoms with Crippen LogP contribution in [-0.2, 0) is 11.3 Å². The number of amides is 1. The summed E-state index contributed by atoms with van der Waals surface area (Å²) in [6.07, 6.45) is 13.5. The Bertz CT molecular complexity index is 1440. The molecule has 0 saturated carbocycles. The third kappa shape index (κ3) is 7.18. The number of anilines is 2. The number of rotatable bonds is 9. The molecule has 1 saturated heterocycles. The standard InChI is InChI=1S/C33H40F2N6O/c1-32(2,3)10-5-12-40(4)30-9-7-25(19-38-30)39-31(42)28-16-29(36)26-8-6-23(15-27(26)28)24-14-22(17-37-18-24)20-41-13-11-33(34,35)21-41/h6-7,9,14-19,26,36H,5,8,10-13,20-21H2,1-4H3,(H,39,42). The van der Waals surface area contributed by atoms with Gasteiger partial charge in [0.2, 0.25) is 0 Å². The highest BCUT2D eigenvalue weighted by Crippen LogP contribution is 2.39. The van der Waals surface area contributed by atoms with Crippen molar-refractivity contribution in [3.63, 3.8) is 0 Å². The highest BCUT2D eigenvalue weighted by atomic mass is 19.3. The molecule has 3 heterocycles. The fraction of sp³-hybridized carbons (Fsp3) is 0.455. The van der Waals surface area contributed by atoms with Gasteiger partial charge in [-0.05, 0) is 71.7 Å². The molecule has 2 N–H and O–H groups in total. The number of nitrogens with zero attached hydrogens (tertiary/aromatic N) is 4. The van der Waals surface area contributed by atoms with Gasteiger partial charge in [-0.1, -0.05) is 26.8 Å². The topological polar surface area (TPSA) is 85.2 Å². The molecule has 0 radical (unpaired) electrons. The Morgan fingerprint density at radius 3 is 2.71 bits per heavy atom. The maximum Gasteiger partial charge on any atom is 0.261 e. The van der Waals surface area contributed by atoms with Gasteiger partial charge in [0.25, 0.3) is 11.8 Å². The van der Waals surface area contributed by atoms with Crippen LogP contribution in [-0.4, -0.2) is 59.1 Å². The molecular formula is C33H40F2N6O. The van der Waals surface area contributed by atoms with Crippen molar-refractivity contribution >= 4 is 28.7 Å². The second kappa shape index (κ2) is 11.9. The molecule has 1 atom stereocenters. The number of halogens is 2. The molecule has 222 valence electrons. The lowest BCUT2D eigenvalue weighted by molar-refractivity contribution is -0.112. The van der Waals surface area contributed by atoms with Gasteiger partial charge in [0.15, 0.2) is 0 Å². The van der Waals surface area contributed by atoms with Crippen molar-refractivity contribution in [3.8, 4) is 0 Å². The predicted molar refractivity (Wildman–Crippen MR) is 164 cm³/mol. The summed E-state index contributed by atoms with van der Waals surface area (Å²) in [5.41, 5.74) is 5.24. The van der Waals surface area contributed by atoms with Gasteiger partial charge in [0.1, 0.15) is 5.82 Å². The van der Waals surface area contributed by atoms with E-state index in [0.29, 0.717) is 41.9 Å². The first-order chi connectivity index (χ1) is 19.9. The smallest absolute Gasteiger partial charge is 0.261 e. The minimum atomic E-state index is -2.63. The fourth-order valence-electron chi connectivity index (χ4n) is 5.77. The van der Waals surface area contributed by atoms with Crippen molar-refractivity contribution < 1.29 is 13.6 Å². The first-order valence-corrected chi connectivity index (χ1v) is 14.6. The molecule has 1 fully saturated rings. The molecule has 2 aliphatic carbocycles. The average Bonchev–Trinajstić information content (AvgIpc) is 3.46. The van der Waals surface area contributed by atoms with Gasteiger partial charge in [0.05, 0.1) is 18.4 Å². The van der Waals surface area contributed by atoms with Crippen LogP contribution in [0, 0.1) is 16.7 Å². The molecule has 2 aromatic heterocycles. The number of hydrogen-bond acceptors (Lipinski definition) is 6. The highest BCUT2D eigenvalue weighted by molar-refractivity contribution is 6.17. The van der Waals surface area contributed by atoms with E-state index in [1.54, 1.807) is 29.6 Å². The van der Waals surface area contributed by atoms with E-state index in [4.69, 9.17) is 5.41 Å². The molecule has 7 nitrogen and oxygen atoms in total. The van der Waals surface area contributed by atoms with Gasteiger partial charge in [-0.25, -0.2) is 13.8 Å². The monoisotopic (exact) mass is 574 g/mol. The Hall–Kier alpha value is -3.72. The molecule has 2 aromatic rings. The van der Waals surface area contributed by atoms with E-state index in [1.165, 1.54) is 0 Å². The van der Waals surface area contributed by atoms with Gasteiger partial charge < -0.3 is 15.6 Å². The summed E-state index contributed by atoms with van der Waals surface area (Å²) in [6.45, 7) is 8.18. The number of carbonyl (C=O) groups is 1. The lowest BCUT2D eigenvalue weighted by Crippen LogP contribution is -2.24. The summed E-state index contributed by atoms with van der Waals surface area (Å²) in [7, 11) is 2.02.